The molecule has 63 heavy (non-hydrogen) atoms. The van der Waals surface area contributed by atoms with Crippen molar-refractivity contribution in [3.05, 3.63) is 54.1 Å². The van der Waals surface area contributed by atoms with Crippen molar-refractivity contribution in [2.45, 2.75) is 26.5 Å². The van der Waals surface area contributed by atoms with Crippen LogP contribution in [-0.4, -0.2) is 79.7 Å². The Morgan fingerprint density at radius 1 is 0.746 bits per heavy atom. The summed E-state index contributed by atoms with van der Waals surface area (Å²) < 4.78 is 143. The molecule has 0 saturated carbocycles. The van der Waals surface area contributed by atoms with Crippen LogP contribution in [0.3, 0.4) is 0 Å². The van der Waals surface area contributed by atoms with E-state index in [0.29, 0.717) is 0 Å². The van der Waals surface area contributed by atoms with Gasteiger partial charge in [0.25, 0.3) is 0 Å². The predicted octanol–water partition coefficient (Wildman–Crippen LogP) is -9.75. The number of sulfone groups is 2. The van der Waals surface area contributed by atoms with E-state index in [1.165, 1.54) is 31.2 Å². The summed E-state index contributed by atoms with van der Waals surface area (Å²) in [6.07, 6.45) is 0. The van der Waals surface area contributed by atoms with E-state index in [4.69, 9.17) is 14.7 Å². The Morgan fingerprint density at radius 2 is 1.35 bits per heavy atom. The molecule has 3 N–H and O–H groups in total. The maximum atomic E-state index is 12.9. The number of ether oxygens (including phenoxy) is 1. The van der Waals surface area contributed by atoms with E-state index in [9.17, 15) is 58.4 Å². The minimum Gasteiger partial charge on any atom is -0.744 e. The quantitative estimate of drug-likeness (QED) is 0.00900. The normalized spacial score (nSPS) is 12.1. The van der Waals surface area contributed by atoms with Gasteiger partial charge in [0.05, 0.1) is 80.2 Å². The zero-order chi connectivity index (χ0) is 43.8. The summed E-state index contributed by atoms with van der Waals surface area (Å²) >= 11 is 0.313. The minimum absolute atomic E-state index is 0. The molecule has 0 aromatic heterocycles. The van der Waals surface area contributed by atoms with Gasteiger partial charge in [-0.3, -0.25) is 18.4 Å². The second-order valence-corrected chi connectivity index (χ2v) is 18.9. The first kappa shape index (κ1) is 62.8. The maximum absolute atomic E-state index is 12.9. The monoisotopic (exact) mass is 1030 g/mol. The molecule has 0 fully saturated rings. The minimum atomic E-state index is -5.42. The molecule has 0 unspecified atom stereocenters. The Hall–Kier alpha value is -0.160. The van der Waals surface area contributed by atoms with Gasteiger partial charge in [0.15, 0.2) is 37.7 Å². The van der Waals surface area contributed by atoms with E-state index in [0.717, 1.165) is 31.4 Å². The number of hydrogen-bond donors (Lipinski definition) is 2. The Kier molecular flexibility index (Phi) is 27.7. The third-order valence-electron chi connectivity index (χ3n) is 7.38. The molecule has 0 spiro atoms. The van der Waals surface area contributed by atoms with Crippen LogP contribution in [0.15, 0.2) is 88.6 Å². The van der Waals surface area contributed by atoms with Crippen molar-refractivity contribution < 1.29 is 208 Å². The van der Waals surface area contributed by atoms with Crippen molar-refractivity contribution in [1.82, 2.24) is 0 Å². The molecular weight excluding hydrogens is 1010 g/mol. The number of aryl methyl sites for hydroxylation is 1. The van der Waals surface area contributed by atoms with Crippen LogP contribution >= 0.6 is 24.4 Å². The topological polar surface area (TPSA) is 389 Å². The Labute approximate surface area is 456 Å². The SMILES string of the molecule is COc1cc(S(=O)(=O)CCOS(=O)(=O)[O-])c(C)cc1N=Nc1c(S(=O)(=O)[O-])cc2cc(SOO[O-])c(N=Nc3ccc(S(=O)(=O)CCOSOO[O-])cc3)c(O)c2c1N.[Na+].[Na+].[Na+].[Na+]. The fourth-order valence-electron chi connectivity index (χ4n) is 4.86. The summed E-state index contributed by atoms with van der Waals surface area (Å²) in [6, 6.07) is 8.75. The molecule has 0 aliphatic carbocycles. The predicted molar refractivity (Wildman–Crippen MR) is 194 cm³/mol. The van der Waals surface area contributed by atoms with Crippen LogP contribution in [0.2, 0.25) is 0 Å². The first-order chi connectivity index (χ1) is 27.6. The molecule has 35 heteroatoms. The number of aromatic hydroxyl groups is 1. The number of rotatable bonds is 21. The Balaban J connectivity index is 0.00000961. The van der Waals surface area contributed by atoms with Gasteiger partial charge in [0.2, 0.25) is 10.4 Å². The molecule has 4 rings (SSSR count). The molecule has 0 radical (unpaired) electrons. The van der Waals surface area contributed by atoms with Crippen LogP contribution in [0.25, 0.3) is 10.8 Å². The number of hydrogen-bond acceptors (Lipinski definition) is 27. The van der Waals surface area contributed by atoms with Crippen LogP contribution in [-0.2, 0) is 67.3 Å². The zero-order valence-electron chi connectivity index (χ0n) is 33.5. The Bertz CT molecular complexity index is 2720. The number of phenolic OH excluding ortho intramolecular Hbond substituents is 1. The first-order valence-electron chi connectivity index (χ1n) is 15.3. The summed E-state index contributed by atoms with van der Waals surface area (Å²) in [6.45, 7) is -0.0610. The number of methoxy groups -OCH3 is 1. The van der Waals surface area contributed by atoms with Crippen molar-refractivity contribution in [1.29, 1.82) is 0 Å². The number of nitrogens with zero attached hydrogens (tertiary/aromatic N) is 4. The van der Waals surface area contributed by atoms with Gasteiger partial charge in [-0.2, -0.15) is 9.45 Å². The van der Waals surface area contributed by atoms with E-state index < -0.39 is 86.0 Å². The summed E-state index contributed by atoms with van der Waals surface area (Å²) in [7, 11) is -17.7. The molecule has 0 heterocycles. The molecule has 0 saturated heterocycles. The van der Waals surface area contributed by atoms with Crippen LogP contribution in [0, 0.1) is 6.92 Å². The number of benzene rings is 4. The first-order valence-corrected chi connectivity index (χ1v) is 22.7. The molecule has 0 aliphatic rings. The van der Waals surface area contributed by atoms with Crippen LogP contribution in [0.1, 0.15) is 5.56 Å². The largest absolute Gasteiger partial charge is 1.00 e. The number of nitrogens with two attached hydrogens (primary N) is 1. The summed E-state index contributed by atoms with van der Waals surface area (Å²) in [5.74, 6) is -2.54. The standard InChI is InChI=1S/C28H29N5O20S6.4Na/c1-15-11-19(20(47-2)14-22(15)57(39,40)10-8-49-59(44,45)46)31-33-27-23(58(41,42)43)13-16-12-21(54-52-50-35)26(28(34)24(16)25(27)29)32-30-17-3-5-18(6-4-17)56(37,38)9-7-48-55-53-51-36;;;;/h3-6,11-14,34-36H,7-10,29H2,1-2H3,(H,41,42,43)(H,44,45,46);;;;/q;4*+1/p-4. The van der Waals surface area contributed by atoms with Crippen LogP contribution in [0.4, 0.5) is 28.4 Å². The van der Waals surface area contributed by atoms with Gasteiger partial charge in [0, 0.05) is 6.07 Å². The molecular formula is C28H25N5Na4O20S6. The van der Waals surface area contributed by atoms with Crippen molar-refractivity contribution in [3.8, 4) is 11.5 Å². The van der Waals surface area contributed by atoms with Gasteiger partial charge in [-0.1, -0.05) is 0 Å². The number of fused-ring (bicyclic) bond motifs is 1. The van der Waals surface area contributed by atoms with Gasteiger partial charge in [0.1, 0.15) is 32.9 Å². The molecule has 0 atom stereocenters. The molecule has 4 aromatic rings. The summed E-state index contributed by atoms with van der Waals surface area (Å²) in [5.41, 5.74) is 4.17. The molecule has 25 nitrogen and oxygen atoms in total. The number of anilines is 1. The number of azo groups is 2. The van der Waals surface area contributed by atoms with Gasteiger partial charge in [-0.05, 0) is 60.3 Å². The summed E-state index contributed by atoms with van der Waals surface area (Å²) in [4.78, 5) is -1.84. The van der Waals surface area contributed by atoms with E-state index in [1.54, 1.807) is 0 Å². The average molecular weight is 1040 g/mol. The third kappa shape index (κ3) is 17.7. The molecule has 322 valence electrons. The zero-order valence-corrected chi connectivity index (χ0v) is 46.4. The van der Waals surface area contributed by atoms with Crippen molar-refractivity contribution >= 4 is 104 Å². The third-order valence-corrected chi connectivity index (χ3v) is 13.2. The van der Waals surface area contributed by atoms with E-state index in [-0.39, 0.29) is 197 Å². The average Bonchev–Trinajstić information content (AvgIpc) is 3.15. The Morgan fingerprint density at radius 3 is 1.92 bits per heavy atom. The van der Waals surface area contributed by atoms with Crippen molar-refractivity contribution in [2.24, 2.45) is 20.5 Å². The van der Waals surface area contributed by atoms with Gasteiger partial charge in [-0.15, -0.1) is 19.7 Å². The summed E-state index contributed by atoms with van der Waals surface area (Å²) in [5, 5.41) is 53.4. The second kappa shape index (κ2) is 27.7. The van der Waals surface area contributed by atoms with Gasteiger partial charge < -0.3 is 35.2 Å². The fraction of sp³-hybridized carbons (Fsp3) is 0.214. The van der Waals surface area contributed by atoms with Crippen LogP contribution < -0.4 is 139 Å². The number of phenols is 1. The molecule has 0 amide bonds. The molecule has 4 aromatic carbocycles. The smallest absolute Gasteiger partial charge is 0.744 e. The molecule has 0 bridgehead atoms. The van der Waals surface area contributed by atoms with E-state index in [2.05, 4.69) is 43.4 Å². The fourth-order valence-corrected chi connectivity index (χ4v) is 9.17. The number of nitrogen functional groups attached to an aromatic ring is 1. The molecule has 0 aliphatic heterocycles. The maximum Gasteiger partial charge on any atom is 1.00 e. The van der Waals surface area contributed by atoms with E-state index >= 15 is 0 Å². The van der Waals surface area contributed by atoms with E-state index in [1.807, 2.05) is 0 Å². The van der Waals surface area contributed by atoms with Crippen molar-refractivity contribution in [2.75, 3.05) is 37.6 Å². The van der Waals surface area contributed by atoms with Gasteiger partial charge in [-0.25, -0.2) is 33.7 Å². The van der Waals surface area contributed by atoms with Crippen LogP contribution in [0.5, 0.6) is 11.5 Å². The second-order valence-electron chi connectivity index (χ2n) is 11.1. The van der Waals surface area contributed by atoms with Gasteiger partial charge >= 0.3 is 118 Å². The van der Waals surface area contributed by atoms with Crippen molar-refractivity contribution in [3.63, 3.8) is 0 Å².